The van der Waals surface area contributed by atoms with Gasteiger partial charge in [-0.25, -0.2) is 17.8 Å². The van der Waals surface area contributed by atoms with E-state index >= 15 is 0 Å². The Morgan fingerprint density at radius 1 is 1.33 bits per heavy atom. The highest BCUT2D eigenvalue weighted by atomic mass is 32.2. The zero-order chi connectivity index (χ0) is 15.3. The second-order valence-electron chi connectivity index (χ2n) is 3.81. The predicted molar refractivity (Wildman–Crippen MR) is 73.2 cm³/mol. The Morgan fingerprint density at radius 2 is 2.14 bits per heavy atom. The van der Waals surface area contributed by atoms with Gasteiger partial charge in [0.25, 0.3) is 10.0 Å². The van der Waals surface area contributed by atoms with Crippen molar-refractivity contribution in [2.24, 2.45) is 0 Å². The van der Waals surface area contributed by atoms with Gasteiger partial charge in [0.1, 0.15) is 28.8 Å². The molecule has 2 N–H and O–H groups in total. The highest BCUT2D eigenvalue weighted by Crippen LogP contribution is 2.14. The SMILES string of the molecule is O=S(=O)(Nc1cccc(C#CCO)n1)c1cncc(F)c1. The summed E-state index contributed by atoms with van der Waals surface area (Å²) >= 11 is 0. The quantitative estimate of drug-likeness (QED) is 0.817. The van der Waals surface area contributed by atoms with Crippen molar-refractivity contribution < 1.29 is 17.9 Å². The summed E-state index contributed by atoms with van der Waals surface area (Å²) in [5, 5.41) is 8.60. The van der Waals surface area contributed by atoms with Crippen LogP contribution in [-0.2, 0) is 10.0 Å². The van der Waals surface area contributed by atoms with Crippen LogP contribution in [0.3, 0.4) is 0 Å². The molecule has 2 rings (SSSR count). The average molecular weight is 307 g/mol. The molecule has 0 unspecified atom stereocenters. The molecule has 6 nitrogen and oxygen atoms in total. The Labute approximate surface area is 120 Å². The first-order valence-electron chi connectivity index (χ1n) is 5.71. The molecule has 0 radical (unpaired) electrons. The summed E-state index contributed by atoms with van der Waals surface area (Å²) in [5.41, 5.74) is 0.293. The lowest BCUT2D eigenvalue weighted by Gasteiger charge is -2.07. The van der Waals surface area contributed by atoms with Crippen LogP contribution in [0.25, 0.3) is 0 Å². The van der Waals surface area contributed by atoms with Gasteiger partial charge in [0.05, 0.1) is 6.20 Å². The second-order valence-corrected chi connectivity index (χ2v) is 5.49. The number of sulfonamides is 1. The summed E-state index contributed by atoms with van der Waals surface area (Å²) in [6, 6.07) is 5.39. The van der Waals surface area contributed by atoms with Crippen molar-refractivity contribution in [3.8, 4) is 11.8 Å². The van der Waals surface area contributed by atoms with Crippen LogP contribution in [0.2, 0.25) is 0 Å². The minimum atomic E-state index is -3.99. The molecule has 8 heteroatoms. The summed E-state index contributed by atoms with van der Waals surface area (Å²) in [5.74, 6) is 4.23. The van der Waals surface area contributed by atoms with Crippen molar-refractivity contribution in [2.45, 2.75) is 4.90 Å². The summed E-state index contributed by atoms with van der Waals surface area (Å²) < 4.78 is 39.3. The van der Waals surface area contributed by atoms with E-state index in [-0.39, 0.29) is 17.3 Å². The third-order valence-corrected chi connectivity index (χ3v) is 3.60. The van der Waals surface area contributed by atoms with Crippen LogP contribution < -0.4 is 4.72 Å². The third kappa shape index (κ3) is 3.98. The Bertz CT molecular complexity index is 813. The number of halogens is 1. The van der Waals surface area contributed by atoms with Gasteiger partial charge in [-0.3, -0.25) is 9.71 Å². The van der Waals surface area contributed by atoms with Crippen molar-refractivity contribution >= 4 is 15.8 Å². The lowest BCUT2D eigenvalue weighted by Crippen LogP contribution is -2.14. The summed E-state index contributed by atoms with van der Waals surface area (Å²) in [4.78, 5) is 7.13. The van der Waals surface area contributed by atoms with E-state index in [1.807, 2.05) is 0 Å². The van der Waals surface area contributed by atoms with Gasteiger partial charge < -0.3 is 5.11 Å². The first kappa shape index (κ1) is 14.9. The highest BCUT2D eigenvalue weighted by Gasteiger charge is 2.16. The monoisotopic (exact) mass is 307 g/mol. The number of nitrogens with one attached hydrogen (secondary N) is 1. The molecule has 2 aromatic rings. The molecule has 21 heavy (non-hydrogen) atoms. The van der Waals surface area contributed by atoms with Gasteiger partial charge in [-0.05, 0) is 24.1 Å². The molecule has 2 aromatic heterocycles. The molecule has 0 amide bonds. The summed E-state index contributed by atoms with van der Waals surface area (Å²) in [6.07, 6.45) is 1.93. The molecule has 0 atom stereocenters. The van der Waals surface area contributed by atoms with Gasteiger partial charge in [-0.1, -0.05) is 12.0 Å². The average Bonchev–Trinajstić information content (AvgIpc) is 2.45. The van der Waals surface area contributed by atoms with Crippen LogP contribution in [0.4, 0.5) is 10.2 Å². The lowest BCUT2D eigenvalue weighted by molar-refractivity contribution is 0.350. The molecular weight excluding hydrogens is 297 g/mol. The molecule has 0 fully saturated rings. The van der Waals surface area contributed by atoms with E-state index in [4.69, 9.17) is 5.11 Å². The zero-order valence-corrected chi connectivity index (χ0v) is 11.4. The van der Waals surface area contributed by atoms with E-state index in [0.29, 0.717) is 5.69 Å². The van der Waals surface area contributed by atoms with Gasteiger partial charge >= 0.3 is 0 Å². The predicted octanol–water partition coefficient (Wildman–Crippen LogP) is 0.760. The summed E-state index contributed by atoms with van der Waals surface area (Å²) in [7, 11) is -3.99. The molecule has 0 aromatic carbocycles. The number of aliphatic hydroxyl groups is 1. The smallest absolute Gasteiger partial charge is 0.264 e. The van der Waals surface area contributed by atoms with Gasteiger partial charge in [0.2, 0.25) is 0 Å². The van der Waals surface area contributed by atoms with Crippen LogP contribution >= 0.6 is 0 Å². The molecule has 0 saturated heterocycles. The molecular formula is C13H10FN3O3S. The van der Waals surface area contributed by atoms with Gasteiger partial charge in [0, 0.05) is 6.20 Å². The maximum Gasteiger partial charge on any atom is 0.264 e. The van der Waals surface area contributed by atoms with Gasteiger partial charge in [0.15, 0.2) is 0 Å². The number of pyridine rings is 2. The number of nitrogens with zero attached hydrogens (tertiary/aromatic N) is 2. The largest absolute Gasteiger partial charge is 0.384 e. The molecule has 0 aliphatic heterocycles. The van der Waals surface area contributed by atoms with E-state index < -0.39 is 15.8 Å². The number of aliphatic hydroxyl groups excluding tert-OH is 1. The molecule has 0 aliphatic rings. The fourth-order valence-corrected chi connectivity index (χ4v) is 2.40. The van der Waals surface area contributed by atoms with E-state index in [2.05, 4.69) is 26.5 Å². The minimum Gasteiger partial charge on any atom is -0.384 e. The number of hydrogen-bond acceptors (Lipinski definition) is 5. The standard InChI is InChI=1S/C13H10FN3O3S/c14-10-7-12(9-15-8-10)21(19,20)17-13-5-1-3-11(16-13)4-2-6-18/h1,3,5,7-9,18H,6H2,(H,16,17). The van der Waals surface area contributed by atoms with Crippen molar-refractivity contribution in [1.82, 2.24) is 9.97 Å². The summed E-state index contributed by atoms with van der Waals surface area (Å²) in [6.45, 7) is -0.327. The van der Waals surface area contributed by atoms with Crippen molar-refractivity contribution in [3.63, 3.8) is 0 Å². The topological polar surface area (TPSA) is 92.2 Å². The normalized spacial score (nSPS) is 10.6. The molecule has 0 spiro atoms. The fraction of sp³-hybridized carbons (Fsp3) is 0.0769. The molecule has 0 saturated carbocycles. The van der Waals surface area contributed by atoms with Gasteiger partial charge in [-0.15, -0.1) is 0 Å². The minimum absolute atomic E-state index is 0.0315. The van der Waals surface area contributed by atoms with Crippen LogP contribution in [0.15, 0.2) is 41.6 Å². The van der Waals surface area contributed by atoms with E-state index in [9.17, 15) is 12.8 Å². The first-order valence-corrected chi connectivity index (χ1v) is 7.20. The number of rotatable bonds is 3. The number of hydrogen-bond donors (Lipinski definition) is 2. The van der Waals surface area contributed by atoms with Crippen molar-refractivity contribution in [3.05, 3.63) is 48.2 Å². The molecule has 0 bridgehead atoms. The van der Waals surface area contributed by atoms with E-state index in [0.717, 1.165) is 18.5 Å². The number of anilines is 1. The van der Waals surface area contributed by atoms with Crippen LogP contribution in [0.1, 0.15) is 5.69 Å². The third-order valence-electron chi connectivity index (χ3n) is 2.27. The lowest BCUT2D eigenvalue weighted by atomic mass is 10.3. The Kier molecular flexibility index (Phi) is 4.47. The van der Waals surface area contributed by atoms with E-state index in [1.165, 1.54) is 6.07 Å². The fourth-order valence-electron chi connectivity index (χ4n) is 1.43. The van der Waals surface area contributed by atoms with Crippen LogP contribution in [0.5, 0.6) is 0 Å². The highest BCUT2D eigenvalue weighted by molar-refractivity contribution is 7.92. The maximum absolute atomic E-state index is 13.0. The van der Waals surface area contributed by atoms with Crippen molar-refractivity contribution in [1.29, 1.82) is 0 Å². The number of aromatic nitrogens is 2. The zero-order valence-electron chi connectivity index (χ0n) is 10.6. The Hall–Kier alpha value is -2.50. The van der Waals surface area contributed by atoms with Crippen LogP contribution in [-0.4, -0.2) is 30.1 Å². The Morgan fingerprint density at radius 3 is 2.86 bits per heavy atom. The maximum atomic E-state index is 13.0. The molecule has 108 valence electrons. The van der Waals surface area contributed by atoms with Gasteiger partial charge in [-0.2, -0.15) is 0 Å². The molecule has 0 aliphatic carbocycles. The second kappa shape index (κ2) is 6.30. The van der Waals surface area contributed by atoms with Crippen LogP contribution in [0, 0.1) is 17.7 Å². The first-order chi connectivity index (χ1) is 10.0. The molecule has 2 heterocycles. The van der Waals surface area contributed by atoms with E-state index in [1.54, 1.807) is 12.1 Å². The Balaban J connectivity index is 2.29. The van der Waals surface area contributed by atoms with Crippen molar-refractivity contribution in [2.75, 3.05) is 11.3 Å².